The van der Waals surface area contributed by atoms with Crippen LogP contribution in [0.2, 0.25) is 0 Å². The highest BCUT2D eigenvalue weighted by molar-refractivity contribution is 7.70. The number of aromatic nitrogens is 3. The second-order valence-corrected chi connectivity index (χ2v) is 22.4. The van der Waals surface area contributed by atoms with Crippen LogP contribution in [0.3, 0.4) is 0 Å². The lowest BCUT2D eigenvalue weighted by molar-refractivity contribution is -0.145. The SMILES string of the molecule is Cn1c(=O)n(C2CCC(=O)NC2=O)c2ccc(NCCCCCC(=O)N3CC[C@H]4CC[C@@H](C(=O)N[C@@H](CCC(N)=O)C(=O)NC(c5ccccc5)c5ccccc5)N4C(=O)[C@@H](NC(=O)c4cc5cc(C(=O)P(=O)(O)O)ccc5[nH]4)C3)cc21. The Hall–Kier alpha value is -8.73. The lowest BCUT2D eigenvalue weighted by atomic mass is 9.98. The Kier molecular flexibility index (Phi) is 17.6. The summed E-state index contributed by atoms with van der Waals surface area (Å²) in [5.41, 5.74) is 7.14. The van der Waals surface area contributed by atoms with Crippen LogP contribution in [-0.4, -0.2) is 130 Å². The van der Waals surface area contributed by atoms with Crippen molar-refractivity contribution in [3.8, 4) is 0 Å². The molecule has 3 aliphatic rings. The monoisotopic (exact) mass is 1140 g/mol. The van der Waals surface area contributed by atoms with Gasteiger partial charge in [0.25, 0.3) is 11.4 Å². The number of hydrogen-bond acceptors (Lipinski definition) is 12. The molecule has 24 nitrogen and oxygen atoms in total. The first-order valence-electron chi connectivity index (χ1n) is 27.2. The summed E-state index contributed by atoms with van der Waals surface area (Å²) >= 11 is 0. The summed E-state index contributed by atoms with van der Waals surface area (Å²) < 4.78 is 14.6. The number of amides is 8. The van der Waals surface area contributed by atoms with Crippen molar-refractivity contribution in [3.05, 3.63) is 136 Å². The molecule has 0 saturated carbocycles. The molecule has 430 valence electrons. The summed E-state index contributed by atoms with van der Waals surface area (Å²) in [6, 6.07) is 23.1. The lowest BCUT2D eigenvalue weighted by Gasteiger charge is -2.39. The number of benzene rings is 4. The fourth-order valence-electron chi connectivity index (χ4n) is 11.1. The molecule has 5 atom stereocenters. The Labute approximate surface area is 469 Å². The number of rotatable bonds is 21. The summed E-state index contributed by atoms with van der Waals surface area (Å²) in [6.07, 6.45) is 2.62. The maximum atomic E-state index is 15.0. The van der Waals surface area contributed by atoms with E-state index in [1.807, 2.05) is 66.7 Å². The highest BCUT2D eigenvalue weighted by Gasteiger charge is 2.46. The summed E-state index contributed by atoms with van der Waals surface area (Å²) in [4.78, 5) is 159. The zero-order valence-electron chi connectivity index (χ0n) is 44.9. The number of imide groups is 1. The fourth-order valence-corrected chi connectivity index (χ4v) is 11.6. The Morgan fingerprint density at radius 2 is 1.51 bits per heavy atom. The molecule has 2 aromatic heterocycles. The number of fused-ring (bicyclic) bond motifs is 3. The van der Waals surface area contributed by atoms with Gasteiger partial charge in [0.1, 0.15) is 29.9 Å². The molecule has 5 heterocycles. The highest BCUT2D eigenvalue weighted by atomic mass is 31.2. The van der Waals surface area contributed by atoms with Crippen LogP contribution in [0.5, 0.6) is 0 Å². The van der Waals surface area contributed by atoms with Crippen LogP contribution in [0.1, 0.15) is 115 Å². The van der Waals surface area contributed by atoms with Gasteiger partial charge >= 0.3 is 13.3 Å². The third kappa shape index (κ3) is 13.0. The quantitative estimate of drug-likeness (QED) is 0.0284. The van der Waals surface area contributed by atoms with Gasteiger partial charge in [-0.3, -0.25) is 62.2 Å². The third-order valence-corrected chi connectivity index (χ3v) is 16.2. The van der Waals surface area contributed by atoms with Crippen molar-refractivity contribution in [3.63, 3.8) is 0 Å². The third-order valence-electron chi connectivity index (χ3n) is 15.4. The first-order chi connectivity index (χ1) is 39.2. The number of unbranched alkanes of at least 4 members (excludes halogenated alkanes) is 2. The molecule has 0 aliphatic carbocycles. The Bertz CT molecular complexity index is 3540. The van der Waals surface area contributed by atoms with Crippen LogP contribution < -0.4 is 38.0 Å². The van der Waals surface area contributed by atoms with E-state index in [2.05, 4.69) is 31.6 Å². The number of nitrogens with two attached hydrogens (primary N) is 1. The molecule has 1 unspecified atom stereocenters. The molecule has 3 fully saturated rings. The van der Waals surface area contributed by atoms with Crippen molar-refractivity contribution in [1.82, 2.24) is 45.2 Å². The molecule has 0 radical (unpaired) electrons. The molecule has 6 aromatic rings. The number of anilines is 1. The summed E-state index contributed by atoms with van der Waals surface area (Å²) in [5, 5.41) is 14.5. The van der Waals surface area contributed by atoms with Crippen LogP contribution in [0.4, 0.5) is 5.69 Å². The molecular formula is C57H64N11O13P. The van der Waals surface area contributed by atoms with Gasteiger partial charge in [-0.2, -0.15) is 0 Å². The van der Waals surface area contributed by atoms with Crippen molar-refractivity contribution in [2.75, 3.05) is 25.0 Å². The predicted octanol–water partition coefficient (Wildman–Crippen LogP) is 3.14. The largest absolute Gasteiger partial charge is 0.396 e. The minimum Gasteiger partial charge on any atom is -0.385 e. The molecule has 10 N–H and O–H groups in total. The number of primary amides is 1. The maximum absolute atomic E-state index is 15.0. The minimum absolute atomic E-state index is 0.0772. The van der Waals surface area contributed by atoms with Crippen LogP contribution in [0.25, 0.3) is 21.9 Å². The number of nitrogens with one attached hydrogen (secondary N) is 6. The van der Waals surface area contributed by atoms with E-state index in [9.17, 15) is 57.5 Å². The van der Waals surface area contributed by atoms with E-state index in [4.69, 9.17) is 5.73 Å². The summed E-state index contributed by atoms with van der Waals surface area (Å²) in [6.45, 7) is 0.413. The number of H-pyrrole nitrogens is 1. The fraction of sp³-hybridized carbons (Fsp3) is 0.368. The molecule has 3 saturated heterocycles. The number of nitrogens with zero attached hydrogens (tertiary/aromatic N) is 4. The van der Waals surface area contributed by atoms with Crippen molar-refractivity contribution < 1.29 is 57.5 Å². The van der Waals surface area contributed by atoms with Crippen molar-refractivity contribution in [1.29, 1.82) is 0 Å². The number of aryl methyl sites for hydroxylation is 1. The number of aromatic amines is 1. The molecule has 4 aromatic carbocycles. The summed E-state index contributed by atoms with van der Waals surface area (Å²) in [7, 11) is -3.52. The van der Waals surface area contributed by atoms with E-state index in [0.29, 0.717) is 48.8 Å². The Balaban J connectivity index is 0.885. The van der Waals surface area contributed by atoms with Gasteiger partial charge in [0.2, 0.25) is 41.4 Å². The zero-order chi connectivity index (χ0) is 58.4. The summed E-state index contributed by atoms with van der Waals surface area (Å²) in [5.74, 6) is -4.60. The Morgan fingerprint density at radius 3 is 2.20 bits per heavy atom. The van der Waals surface area contributed by atoms with Gasteiger partial charge < -0.3 is 51.6 Å². The number of carbonyl (C=O) groups excluding carboxylic acids is 9. The second kappa shape index (κ2) is 25.0. The van der Waals surface area contributed by atoms with Crippen molar-refractivity contribution in [2.45, 2.75) is 107 Å². The average Bonchev–Trinajstić information content (AvgIpc) is 3.56. The Morgan fingerprint density at radius 1 is 0.793 bits per heavy atom. The normalized spacial score (nSPS) is 18.8. The molecule has 9 rings (SSSR count). The van der Waals surface area contributed by atoms with Crippen LogP contribution >= 0.6 is 7.60 Å². The molecule has 82 heavy (non-hydrogen) atoms. The van der Waals surface area contributed by atoms with Crippen molar-refractivity contribution >= 4 is 88.0 Å². The van der Waals surface area contributed by atoms with E-state index in [1.165, 1.54) is 43.2 Å². The number of imidazole rings is 1. The van der Waals surface area contributed by atoms with Crippen LogP contribution in [0, 0.1) is 0 Å². The topological polar surface area (TPSA) is 347 Å². The van der Waals surface area contributed by atoms with Crippen molar-refractivity contribution in [2.24, 2.45) is 12.8 Å². The standard InChI is InChI=1S/C57H64N11O13P/c1-65-46-31-37(17-21-43(46)68(57(65)78)45-23-25-48(70)63-54(45)75)59-27-10-4-9-15-49(71)66-28-26-38-18-22-44(53(74)61-40(20-24-47(58)69)51(72)64-50(33-11-5-2-6-12-33)34-13-7-3-8-14-34)67(38)55(76)42(32-66)62-52(73)41-30-36-29-35(16-19-39(36)60-41)56(77)82(79,80)81/h2-3,5-8,11-14,16-17,19,21,29-31,38,40,42,44-45,50,59-60H,4,9-10,15,18,20,22-28,32H2,1H3,(H2,58,69)(H,61,74)(H,62,73)(H,64,72)(H,63,70,75)(H2,79,80,81)/t38-,40+,42+,44+,45?/m1/s1. The smallest absolute Gasteiger partial charge is 0.385 e. The van der Waals surface area contributed by atoms with Crippen LogP contribution in [-0.2, 0) is 45.2 Å². The van der Waals surface area contributed by atoms with E-state index in [-0.39, 0.29) is 92.2 Å². The molecule has 25 heteroatoms. The second-order valence-electron chi connectivity index (χ2n) is 20.9. The first-order valence-corrected chi connectivity index (χ1v) is 28.8. The van der Waals surface area contributed by atoms with Gasteiger partial charge in [0.05, 0.1) is 17.1 Å². The average molecular weight is 1140 g/mol. The zero-order valence-corrected chi connectivity index (χ0v) is 45.8. The van der Waals surface area contributed by atoms with Gasteiger partial charge in [-0.05, 0) is 98.5 Å². The van der Waals surface area contributed by atoms with E-state index < -0.39 is 84.8 Å². The van der Waals surface area contributed by atoms with Gasteiger partial charge in [-0.25, -0.2) is 4.79 Å². The molecule has 0 bridgehead atoms. The van der Waals surface area contributed by atoms with Gasteiger partial charge in [-0.1, -0.05) is 67.1 Å². The molecule has 8 amide bonds. The number of piperidine rings is 1. The molecular weight excluding hydrogens is 1080 g/mol. The minimum atomic E-state index is -5.13. The van der Waals surface area contributed by atoms with Gasteiger partial charge in [0.15, 0.2) is 0 Å². The van der Waals surface area contributed by atoms with E-state index in [1.54, 1.807) is 19.2 Å². The predicted molar refractivity (Wildman–Crippen MR) is 300 cm³/mol. The lowest BCUT2D eigenvalue weighted by Crippen LogP contribution is -2.62. The van der Waals surface area contributed by atoms with Gasteiger partial charge in [0, 0.05) is 74.1 Å². The number of hydrogen-bond donors (Lipinski definition) is 9. The first kappa shape index (κ1) is 57.9. The van der Waals surface area contributed by atoms with E-state index in [0.717, 1.165) is 16.8 Å². The van der Waals surface area contributed by atoms with E-state index >= 15 is 4.79 Å². The number of carbonyl (C=O) groups is 9. The highest BCUT2D eigenvalue weighted by Crippen LogP contribution is 2.39. The van der Waals surface area contributed by atoms with Gasteiger partial charge in [-0.15, -0.1) is 0 Å². The molecule has 3 aliphatic heterocycles. The molecule has 0 spiro atoms. The maximum Gasteiger partial charge on any atom is 0.396 e. The van der Waals surface area contributed by atoms with Crippen LogP contribution in [0.15, 0.2) is 108 Å².